The van der Waals surface area contributed by atoms with Gasteiger partial charge in [-0.3, -0.25) is 4.79 Å². The van der Waals surface area contributed by atoms with Gasteiger partial charge in [0.05, 0.1) is 0 Å². The van der Waals surface area contributed by atoms with Gasteiger partial charge in [0.2, 0.25) is 0 Å². The van der Waals surface area contributed by atoms with E-state index in [4.69, 9.17) is 0 Å². The molecule has 1 aliphatic carbocycles. The van der Waals surface area contributed by atoms with Gasteiger partial charge in [-0.2, -0.15) is 11.8 Å². The van der Waals surface area contributed by atoms with Crippen molar-refractivity contribution in [1.82, 2.24) is 9.55 Å². The summed E-state index contributed by atoms with van der Waals surface area (Å²) in [6.45, 7) is 0. The van der Waals surface area contributed by atoms with Crippen LogP contribution >= 0.6 is 11.8 Å². The maximum Gasteiger partial charge on any atom is 0.293 e. The largest absolute Gasteiger partial charge is 0.363 e. The van der Waals surface area contributed by atoms with Crippen LogP contribution in [0.3, 0.4) is 0 Å². The van der Waals surface area contributed by atoms with Gasteiger partial charge in [-0.1, -0.05) is 0 Å². The molecule has 1 aliphatic rings. The molecule has 0 spiro atoms. The van der Waals surface area contributed by atoms with E-state index >= 15 is 0 Å². The van der Waals surface area contributed by atoms with Gasteiger partial charge >= 0.3 is 0 Å². The molecule has 1 N–H and O–H groups in total. The van der Waals surface area contributed by atoms with Crippen LogP contribution in [0, 0.1) is 0 Å². The van der Waals surface area contributed by atoms with Gasteiger partial charge in [-0.05, 0) is 31.9 Å². The summed E-state index contributed by atoms with van der Waals surface area (Å²) in [5.74, 6) is 0.489. The number of nitrogens with zero attached hydrogens (tertiary/aromatic N) is 2. The topological polar surface area (TPSA) is 46.9 Å². The fourth-order valence-electron chi connectivity index (χ4n) is 2.23. The molecule has 1 saturated carbocycles. The molecule has 4 nitrogen and oxygen atoms in total. The fourth-order valence-corrected chi connectivity index (χ4v) is 2.98. The Morgan fingerprint density at radius 2 is 2.12 bits per heavy atom. The fraction of sp³-hybridized carbons (Fsp3) is 0.667. The van der Waals surface area contributed by atoms with Gasteiger partial charge < -0.3 is 9.88 Å². The highest BCUT2D eigenvalue weighted by atomic mass is 32.2. The van der Waals surface area contributed by atoms with E-state index in [0.29, 0.717) is 11.9 Å². The van der Waals surface area contributed by atoms with Crippen molar-refractivity contribution in [2.45, 2.75) is 37.0 Å². The molecule has 1 heterocycles. The summed E-state index contributed by atoms with van der Waals surface area (Å²) < 4.78 is 1.56. The molecule has 0 aliphatic heterocycles. The molecule has 5 heteroatoms. The molecular weight excluding hydrogens is 234 g/mol. The third-order valence-electron chi connectivity index (χ3n) is 3.37. The van der Waals surface area contributed by atoms with Gasteiger partial charge in [0.1, 0.15) is 0 Å². The lowest BCUT2D eigenvalue weighted by atomic mass is 9.95. The van der Waals surface area contributed by atoms with Crippen molar-refractivity contribution in [1.29, 1.82) is 0 Å². The van der Waals surface area contributed by atoms with E-state index in [2.05, 4.69) is 16.6 Å². The van der Waals surface area contributed by atoms with Crippen molar-refractivity contribution < 1.29 is 0 Å². The minimum absolute atomic E-state index is 0.0421. The van der Waals surface area contributed by atoms with Crippen LogP contribution in [-0.4, -0.2) is 27.1 Å². The van der Waals surface area contributed by atoms with E-state index in [-0.39, 0.29) is 5.56 Å². The molecule has 0 atom stereocenters. The average Bonchev–Trinajstić information content (AvgIpc) is 2.36. The van der Waals surface area contributed by atoms with Gasteiger partial charge in [0, 0.05) is 30.7 Å². The number of rotatable bonds is 3. The molecule has 2 rings (SSSR count). The summed E-state index contributed by atoms with van der Waals surface area (Å²) in [6, 6.07) is 0.404. The Morgan fingerprint density at radius 3 is 2.76 bits per heavy atom. The molecule has 1 aromatic rings. The third-order valence-corrected chi connectivity index (χ3v) is 4.50. The Hall–Kier alpha value is -0.970. The lowest BCUT2D eigenvalue weighted by Gasteiger charge is -2.28. The van der Waals surface area contributed by atoms with Crippen LogP contribution in [0.5, 0.6) is 0 Å². The molecule has 0 bridgehead atoms. The summed E-state index contributed by atoms with van der Waals surface area (Å²) in [4.78, 5) is 15.9. The van der Waals surface area contributed by atoms with Crippen molar-refractivity contribution in [2.75, 3.05) is 11.6 Å². The predicted octanol–water partition coefficient (Wildman–Crippen LogP) is 1.87. The van der Waals surface area contributed by atoms with Crippen molar-refractivity contribution >= 4 is 17.6 Å². The number of aromatic nitrogens is 2. The van der Waals surface area contributed by atoms with E-state index in [1.807, 2.05) is 11.8 Å². The Balaban J connectivity index is 1.98. The molecule has 94 valence electrons. The molecule has 0 aromatic carbocycles. The Bertz CT molecular complexity index is 424. The van der Waals surface area contributed by atoms with Crippen LogP contribution in [0.15, 0.2) is 17.2 Å². The second-order valence-corrected chi connectivity index (χ2v) is 5.68. The Labute approximate surface area is 106 Å². The van der Waals surface area contributed by atoms with Crippen LogP contribution in [-0.2, 0) is 7.05 Å². The van der Waals surface area contributed by atoms with Gasteiger partial charge in [0.25, 0.3) is 5.56 Å². The normalized spacial score (nSPS) is 24.6. The summed E-state index contributed by atoms with van der Waals surface area (Å²) in [5.41, 5.74) is -0.0421. The van der Waals surface area contributed by atoms with Crippen LogP contribution in [0.4, 0.5) is 5.82 Å². The zero-order valence-electron chi connectivity index (χ0n) is 10.3. The zero-order chi connectivity index (χ0) is 12.3. The minimum atomic E-state index is -0.0421. The van der Waals surface area contributed by atoms with E-state index < -0.39 is 0 Å². The number of nitrogens with one attached hydrogen (secondary N) is 1. The van der Waals surface area contributed by atoms with Crippen LogP contribution < -0.4 is 10.9 Å². The van der Waals surface area contributed by atoms with E-state index in [1.54, 1.807) is 24.0 Å². The van der Waals surface area contributed by atoms with Crippen molar-refractivity contribution in [3.63, 3.8) is 0 Å². The molecule has 0 amide bonds. The van der Waals surface area contributed by atoms with Crippen LogP contribution in [0.2, 0.25) is 0 Å². The smallest absolute Gasteiger partial charge is 0.293 e. The van der Waals surface area contributed by atoms with Crippen LogP contribution in [0.1, 0.15) is 25.7 Å². The summed E-state index contributed by atoms with van der Waals surface area (Å²) >= 11 is 1.95. The first-order chi connectivity index (χ1) is 8.20. The van der Waals surface area contributed by atoms with E-state index in [9.17, 15) is 4.79 Å². The molecular formula is C12H19N3OS. The van der Waals surface area contributed by atoms with Crippen molar-refractivity contribution in [3.05, 3.63) is 22.7 Å². The van der Waals surface area contributed by atoms with E-state index in [1.165, 1.54) is 12.8 Å². The quantitative estimate of drug-likeness (QED) is 0.893. The molecule has 0 radical (unpaired) electrons. The maximum atomic E-state index is 11.8. The number of thioether (sulfide) groups is 1. The third kappa shape index (κ3) is 3.03. The highest BCUT2D eigenvalue weighted by Gasteiger charge is 2.21. The molecule has 0 unspecified atom stereocenters. The van der Waals surface area contributed by atoms with E-state index in [0.717, 1.165) is 18.1 Å². The molecule has 1 fully saturated rings. The van der Waals surface area contributed by atoms with Crippen molar-refractivity contribution in [2.24, 2.45) is 7.05 Å². The first-order valence-corrected chi connectivity index (χ1v) is 7.30. The van der Waals surface area contributed by atoms with Gasteiger partial charge in [0.15, 0.2) is 5.82 Å². The Kier molecular flexibility index (Phi) is 4.10. The maximum absolute atomic E-state index is 11.8. The SMILES string of the molecule is CSC1CCC(Nc2nccn(C)c2=O)CC1. The molecule has 0 saturated heterocycles. The zero-order valence-corrected chi connectivity index (χ0v) is 11.2. The predicted molar refractivity (Wildman–Crippen MR) is 72.7 cm³/mol. The molecule has 17 heavy (non-hydrogen) atoms. The minimum Gasteiger partial charge on any atom is -0.363 e. The first kappa shape index (κ1) is 12.5. The van der Waals surface area contributed by atoms with Gasteiger partial charge in [-0.25, -0.2) is 4.98 Å². The van der Waals surface area contributed by atoms with Gasteiger partial charge in [-0.15, -0.1) is 0 Å². The summed E-state index contributed by atoms with van der Waals surface area (Å²) in [7, 11) is 1.75. The first-order valence-electron chi connectivity index (χ1n) is 6.01. The number of anilines is 1. The standard InChI is InChI=1S/C12H19N3OS/c1-15-8-7-13-11(12(15)16)14-9-3-5-10(17-2)6-4-9/h7-10H,3-6H2,1-2H3,(H,13,14). The van der Waals surface area contributed by atoms with Crippen LogP contribution in [0.25, 0.3) is 0 Å². The summed E-state index contributed by atoms with van der Waals surface area (Å²) in [5, 5.41) is 4.07. The number of hydrogen-bond donors (Lipinski definition) is 1. The number of aryl methyl sites for hydroxylation is 1. The Morgan fingerprint density at radius 1 is 1.41 bits per heavy atom. The second-order valence-electron chi connectivity index (χ2n) is 4.55. The number of hydrogen-bond acceptors (Lipinski definition) is 4. The van der Waals surface area contributed by atoms with Crippen molar-refractivity contribution in [3.8, 4) is 0 Å². The monoisotopic (exact) mass is 253 g/mol. The molecule has 1 aromatic heterocycles. The highest BCUT2D eigenvalue weighted by molar-refractivity contribution is 7.99. The lowest BCUT2D eigenvalue weighted by molar-refractivity contribution is 0.471. The second kappa shape index (κ2) is 5.58. The summed E-state index contributed by atoms with van der Waals surface area (Å²) in [6.07, 6.45) is 10.2. The highest BCUT2D eigenvalue weighted by Crippen LogP contribution is 2.27. The lowest BCUT2D eigenvalue weighted by Crippen LogP contribution is -2.31. The average molecular weight is 253 g/mol.